The Morgan fingerprint density at radius 3 is 2.91 bits per heavy atom. The van der Waals surface area contributed by atoms with E-state index in [9.17, 15) is 0 Å². The van der Waals surface area contributed by atoms with E-state index in [0.717, 1.165) is 18.5 Å². The lowest BCUT2D eigenvalue weighted by Gasteiger charge is -2.06. The number of nitrogens with zero attached hydrogens (tertiary/aromatic N) is 3. The van der Waals surface area contributed by atoms with Gasteiger partial charge < -0.3 is 26.3 Å². The smallest absolute Gasteiger partial charge is 0.231 e. The molecule has 0 fully saturated rings. The SMILES string of the molecule is NC(=NC1=NC=CCC1)N=C(N)Nc1ccc2c(c1)OCO2. The maximum atomic E-state index is 5.81. The van der Waals surface area contributed by atoms with E-state index in [-0.39, 0.29) is 18.7 Å². The zero-order chi connectivity index (χ0) is 15.4. The largest absolute Gasteiger partial charge is 0.454 e. The lowest BCUT2D eigenvalue weighted by molar-refractivity contribution is 0.174. The van der Waals surface area contributed by atoms with Crippen LogP contribution in [0.15, 0.2) is 45.5 Å². The molecule has 2 heterocycles. The highest BCUT2D eigenvalue weighted by molar-refractivity contribution is 6.04. The number of nitrogens with one attached hydrogen (secondary N) is 1. The summed E-state index contributed by atoms with van der Waals surface area (Å²) in [5.41, 5.74) is 12.3. The molecule has 0 bridgehead atoms. The summed E-state index contributed by atoms with van der Waals surface area (Å²) in [7, 11) is 0. The van der Waals surface area contributed by atoms with E-state index in [1.807, 2.05) is 6.08 Å². The molecule has 8 nitrogen and oxygen atoms in total. The molecule has 114 valence electrons. The molecule has 1 aromatic carbocycles. The minimum Gasteiger partial charge on any atom is -0.454 e. The Hall–Kier alpha value is -3.03. The highest BCUT2D eigenvalue weighted by atomic mass is 16.7. The minimum absolute atomic E-state index is 0.0554. The number of amidine groups is 1. The molecular formula is C14H16N6O2. The van der Waals surface area contributed by atoms with Gasteiger partial charge >= 0.3 is 0 Å². The third-order valence-corrected chi connectivity index (χ3v) is 2.99. The molecular weight excluding hydrogens is 284 g/mol. The second-order valence-electron chi connectivity index (χ2n) is 4.63. The molecule has 0 radical (unpaired) electrons. The van der Waals surface area contributed by atoms with Gasteiger partial charge in [0.05, 0.1) is 0 Å². The summed E-state index contributed by atoms with van der Waals surface area (Å²) in [5, 5.41) is 2.92. The molecule has 8 heteroatoms. The molecule has 0 saturated carbocycles. The van der Waals surface area contributed by atoms with Crippen LogP contribution >= 0.6 is 0 Å². The van der Waals surface area contributed by atoms with E-state index >= 15 is 0 Å². The Morgan fingerprint density at radius 2 is 2.09 bits per heavy atom. The second-order valence-corrected chi connectivity index (χ2v) is 4.63. The summed E-state index contributed by atoms with van der Waals surface area (Å²) < 4.78 is 10.5. The van der Waals surface area contributed by atoms with Crippen molar-refractivity contribution in [1.29, 1.82) is 0 Å². The van der Waals surface area contributed by atoms with Crippen molar-refractivity contribution in [2.24, 2.45) is 26.4 Å². The fourth-order valence-electron chi connectivity index (χ4n) is 2.01. The van der Waals surface area contributed by atoms with Gasteiger partial charge in [0.1, 0.15) is 5.84 Å². The van der Waals surface area contributed by atoms with E-state index in [4.69, 9.17) is 20.9 Å². The molecule has 2 aliphatic rings. The first-order valence-electron chi connectivity index (χ1n) is 6.77. The van der Waals surface area contributed by atoms with Gasteiger partial charge in [-0.3, -0.25) is 0 Å². The van der Waals surface area contributed by atoms with Crippen molar-refractivity contribution in [3.05, 3.63) is 30.5 Å². The Balaban J connectivity index is 1.68. The van der Waals surface area contributed by atoms with Gasteiger partial charge in [-0.25, -0.2) is 4.99 Å². The summed E-state index contributed by atoms with van der Waals surface area (Å²) in [6, 6.07) is 5.37. The highest BCUT2D eigenvalue weighted by Gasteiger charge is 2.13. The molecule has 2 aliphatic heterocycles. The van der Waals surface area contributed by atoms with Gasteiger partial charge in [-0.1, -0.05) is 6.08 Å². The Labute approximate surface area is 127 Å². The number of guanidine groups is 2. The number of aliphatic imine (C=N–C) groups is 3. The maximum Gasteiger partial charge on any atom is 0.231 e. The van der Waals surface area contributed by atoms with Crippen LogP contribution in [0.1, 0.15) is 12.8 Å². The molecule has 0 aliphatic carbocycles. The number of nitrogens with two attached hydrogens (primary N) is 2. The molecule has 0 aromatic heterocycles. The average Bonchev–Trinajstić information content (AvgIpc) is 2.95. The standard InChI is InChI=1S/C14H16N6O2/c15-13(20-14(16)19-12-3-1-2-6-17-12)18-9-4-5-10-11(7-9)22-8-21-10/h2,4-7H,1,3,8H2,(H5,15,16,17,18,19,20). The third kappa shape index (κ3) is 3.35. The lowest BCUT2D eigenvalue weighted by Crippen LogP contribution is -2.26. The zero-order valence-corrected chi connectivity index (χ0v) is 11.8. The van der Waals surface area contributed by atoms with Crippen LogP contribution in [0, 0.1) is 0 Å². The van der Waals surface area contributed by atoms with Crippen molar-refractivity contribution in [3.63, 3.8) is 0 Å². The number of benzene rings is 1. The van der Waals surface area contributed by atoms with E-state index < -0.39 is 0 Å². The molecule has 22 heavy (non-hydrogen) atoms. The van der Waals surface area contributed by atoms with Crippen LogP contribution in [0.5, 0.6) is 11.5 Å². The molecule has 0 atom stereocenters. The van der Waals surface area contributed by atoms with Crippen LogP contribution in [0.3, 0.4) is 0 Å². The topological polar surface area (TPSA) is 120 Å². The van der Waals surface area contributed by atoms with Crippen LogP contribution in [0.4, 0.5) is 5.69 Å². The van der Waals surface area contributed by atoms with Crippen molar-refractivity contribution in [3.8, 4) is 11.5 Å². The van der Waals surface area contributed by atoms with Gasteiger partial charge in [0.15, 0.2) is 11.5 Å². The molecule has 5 N–H and O–H groups in total. The fourth-order valence-corrected chi connectivity index (χ4v) is 2.01. The van der Waals surface area contributed by atoms with Crippen molar-refractivity contribution < 1.29 is 9.47 Å². The van der Waals surface area contributed by atoms with Gasteiger partial charge in [0.25, 0.3) is 0 Å². The second kappa shape index (κ2) is 6.17. The number of ether oxygens (including phenoxy) is 2. The first-order chi connectivity index (χ1) is 10.7. The molecule has 0 unspecified atom stereocenters. The van der Waals surface area contributed by atoms with E-state index in [2.05, 4.69) is 20.3 Å². The van der Waals surface area contributed by atoms with Crippen molar-refractivity contribution in [2.75, 3.05) is 12.1 Å². The zero-order valence-electron chi connectivity index (χ0n) is 11.8. The first-order valence-corrected chi connectivity index (χ1v) is 6.77. The summed E-state index contributed by atoms with van der Waals surface area (Å²) in [5.74, 6) is 2.18. The van der Waals surface area contributed by atoms with Gasteiger partial charge in [-0.15, -0.1) is 0 Å². The van der Waals surface area contributed by atoms with Gasteiger partial charge in [-0.2, -0.15) is 9.98 Å². The van der Waals surface area contributed by atoms with Crippen molar-refractivity contribution >= 4 is 23.4 Å². The van der Waals surface area contributed by atoms with Crippen LogP contribution in [0.2, 0.25) is 0 Å². The fraction of sp³-hybridized carbons (Fsp3) is 0.214. The van der Waals surface area contributed by atoms with E-state index in [0.29, 0.717) is 17.3 Å². The Morgan fingerprint density at radius 1 is 1.23 bits per heavy atom. The monoisotopic (exact) mass is 300 g/mol. The lowest BCUT2D eigenvalue weighted by atomic mass is 10.2. The molecule has 0 spiro atoms. The van der Waals surface area contributed by atoms with Gasteiger partial charge in [0.2, 0.25) is 18.7 Å². The van der Waals surface area contributed by atoms with Crippen LogP contribution in [-0.2, 0) is 0 Å². The number of hydrogen-bond acceptors (Lipinski definition) is 4. The Kier molecular flexibility index (Phi) is 3.90. The highest BCUT2D eigenvalue weighted by Crippen LogP contribution is 2.34. The summed E-state index contributed by atoms with van der Waals surface area (Å²) in [6.07, 6.45) is 5.30. The van der Waals surface area contributed by atoms with Crippen molar-refractivity contribution in [2.45, 2.75) is 12.8 Å². The molecule has 1 aromatic rings. The number of allylic oxidation sites excluding steroid dienone is 1. The predicted molar refractivity (Wildman–Crippen MR) is 85.2 cm³/mol. The molecule has 3 rings (SSSR count). The quantitative estimate of drug-likeness (QED) is 0.531. The van der Waals surface area contributed by atoms with Crippen LogP contribution in [0.25, 0.3) is 0 Å². The maximum absolute atomic E-state index is 5.81. The van der Waals surface area contributed by atoms with Crippen LogP contribution in [-0.4, -0.2) is 24.5 Å². The van der Waals surface area contributed by atoms with Gasteiger partial charge in [0, 0.05) is 24.4 Å². The van der Waals surface area contributed by atoms with Crippen LogP contribution < -0.4 is 26.3 Å². The van der Waals surface area contributed by atoms with Crippen molar-refractivity contribution in [1.82, 2.24) is 0 Å². The molecule has 0 saturated heterocycles. The summed E-state index contributed by atoms with van der Waals surface area (Å²) >= 11 is 0. The summed E-state index contributed by atoms with van der Waals surface area (Å²) in [6.45, 7) is 0.221. The predicted octanol–water partition coefficient (Wildman–Crippen LogP) is 1.16. The number of rotatable bonds is 1. The minimum atomic E-state index is 0.0554. The number of hydrogen-bond donors (Lipinski definition) is 3. The molecule has 0 amide bonds. The first kappa shape index (κ1) is 13.9. The van der Waals surface area contributed by atoms with E-state index in [1.165, 1.54) is 0 Å². The number of anilines is 1. The number of fused-ring (bicyclic) bond motifs is 1. The van der Waals surface area contributed by atoms with Gasteiger partial charge in [-0.05, 0) is 18.6 Å². The van der Waals surface area contributed by atoms with E-state index in [1.54, 1.807) is 24.4 Å². The Bertz CT molecular complexity index is 693. The average molecular weight is 300 g/mol. The third-order valence-electron chi connectivity index (χ3n) is 2.99. The normalized spacial score (nSPS) is 17.4. The summed E-state index contributed by atoms with van der Waals surface area (Å²) in [4.78, 5) is 12.2.